The van der Waals surface area contributed by atoms with Crippen LogP contribution < -0.4 is 0 Å². The molecule has 0 aliphatic heterocycles. The van der Waals surface area contributed by atoms with Crippen molar-refractivity contribution in [3.63, 3.8) is 0 Å². The molecule has 0 amide bonds. The Morgan fingerprint density at radius 1 is 0.938 bits per heavy atom. The molecular weight excluding hydrogens is 216 g/mol. The highest BCUT2D eigenvalue weighted by molar-refractivity contribution is 6.28. The largest absolute Gasteiger partial charge is 0.517 e. The van der Waals surface area contributed by atoms with Crippen LogP contribution in [0.25, 0.3) is 0 Å². The van der Waals surface area contributed by atoms with Crippen LogP contribution in [-0.2, 0) is 9.22 Å². The van der Waals surface area contributed by atoms with E-state index in [-0.39, 0.29) is 5.97 Å². The Bertz CT molecular complexity index is 160. The van der Waals surface area contributed by atoms with Crippen molar-refractivity contribution >= 4 is 15.7 Å². The molecule has 0 aromatic rings. The number of hydrogen-bond acceptors (Lipinski definition) is 2. The Kier molecular flexibility index (Phi) is 12.5. The average Bonchev–Trinajstić information content (AvgIpc) is 2.27. The summed E-state index contributed by atoms with van der Waals surface area (Å²) in [4.78, 5) is 11.0. The Balaban J connectivity index is 3.01. The Hall–Kier alpha value is -0.313. The van der Waals surface area contributed by atoms with Crippen LogP contribution in [0.2, 0.25) is 6.55 Å². The summed E-state index contributed by atoms with van der Waals surface area (Å²) in [5, 5.41) is 0. The summed E-state index contributed by atoms with van der Waals surface area (Å²) in [6, 6.07) is 0. The van der Waals surface area contributed by atoms with Gasteiger partial charge < -0.3 is 4.43 Å². The lowest BCUT2D eigenvalue weighted by Crippen LogP contribution is -2.05. The first kappa shape index (κ1) is 15.7. The first-order chi connectivity index (χ1) is 7.81. The molecule has 0 aliphatic carbocycles. The van der Waals surface area contributed by atoms with E-state index in [1.165, 1.54) is 51.4 Å². The summed E-state index contributed by atoms with van der Waals surface area (Å²) in [5.74, 6) is -0.0243. The topological polar surface area (TPSA) is 26.3 Å². The van der Waals surface area contributed by atoms with Gasteiger partial charge in [-0.2, -0.15) is 0 Å². The van der Waals surface area contributed by atoms with Crippen molar-refractivity contribution in [3.8, 4) is 0 Å². The molecule has 0 unspecified atom stereocenters. The lowest BCUT2D eigenvalue weighted by atomic mass is 10.1. The Morgan fingerprint density at radius 2 is 1.44 bits per heavy atom. The van der Waals surface area contributed by atoms with Crippen molar-refractivity contribution in [1.29, 1.82) is 0 Å². The van der Waals surface area contributed by atoms with E-state index >= 15 is 0 Å². The van der Waals surface area contributed by atoms with Crippen LogP contribution in [0.15, 0.2) is 0 Å². The maximum atomic E-state index is 11.0. The van der Waals surface area contributed by atoms with Gasteiger partial charge in [0.25, 0.3) is 5.97 Å². The smallest absolute Gasteiger partial charge is 0.311 e. The van der Waals surface area contributed by atoms with Crippen LogP contribution in [0.1, 0.15) is 71.1 Å². The van der Waals surface area contributed by atoms with Crippen molar-refractivity contribution in [2.24, 2.45) is 0 Å². The average molecular weight is 242 g/mol. The number of unbranched alkanes of at least 4 members (excludes halogenated alkanes) is 8. The minimum Gasteiger partial charge on any atom is -0.517 e. The molecule has 0 aromatic carbocycles. The molecule has 2 radical (unpaired) electrons. The molecule has 0 bridgehead atoms. The summed E-state index contributed by atoms with van der Waals surface area (Å²) < 4.78 is 4.90. The summed E-state index contributed by atoms with van der Waals surface area (Å²) in [6.45, 7) is 4.13. The zero-order valence-electron chi connectivity index (χ0n) is 10.9. The molecule has 0 aliphatic rings. The minimum atomic E-state index is -0.0243. The van der Waals surface area contributed by atoms with Gasteiger partial charge in [0.1, 0.15) is 0 Å². The van der Waals surface area contributed by atoms with Crippen LogP contribution in [0.3, 0.4) is 0 Å². The van der Waals surface area contributed by atoms with Crippen molar-refractivity contribution in [3.05, 3.63) is 0 Å². The molecule has 3 heteroatoms. The van der Waals surface area contributed by atoms with E-state index < -0.39 is 0 Å². The highest BCUT2D eigenvalue weighted by Gasteiger charge is 2.00. The van der Waals surface area contributed by atoms with Gasteiger partial charge in [0.05, 0.1) is 0 Å². The first-order valence-corrected chi connectivity index (χ1v) is 8.08. The Labute approximate surface area is 103 Å². The van der Waals surface area contributed by atoms with Crippen LogP contribution in [0, 0.1) is 0 Å². The fourth-order valence-corrected chi connectivity index (χ4v) is 2.07. The second-order valence-corrected chi connectivity index (χ2v) is 4.87. The lowest BCUT2D eigenvalue weighted by Gasteiger charge is -2.02. The van der Waals surface area contributed by atoms with Crippen molar-refractivity contribution < 1.29 is 9.22 Å². The van der Waals surface area contributed by atoms with Crippen molar-refractivity contribution in [2.45, 2.75) is 77.7 Å². The van der Waals surface area contributed by atoms with E-state index in [1.807, 2.05) is 6.55 Å². The molecule has 0 saturated heterocycles. The summed E-state index contributed by atoms with van der Waals surface area (Å²) in [6.07, 6.45) is 12.2. The number of hydrogen-bond donors (Lipinski definition) is 0. The number of carbonyl (C=O) groups is 1. The van der Waals surface area contributed by atoms with E-state index in [0.29, 0.717) is 16.2 Å². The van der Waals surface area contributed by atoms with Gasteiger partial charge in [-0.15, -0.1) is 0 Å². The third kappa shape index (κ3) is 11.8. The molecule has 0 atom stereocenters. The molecule has 0 fully saturated rings. The van der Waals surface area contributed by atoms with E-state index in [0.717, 1.165) is 6.42 Å². The van der Waals surface area contributed by atoms with E-state index in [2.05, 4.69) is 6.92 Å². The predicted molar refractivity (Wildman–Crippen MR) is 69.6 cm³/mol. The fraction of sp³-hybridized carbons (Fsp3) is 0.923. The molecular formula is C13H26O2Si. The van der Waals surface area contributed by atoms with Gasteiger partial charge in [0.15, 0.2) is 0 Å². The molecule has 0 heterocycles. The van der Waals surface area contributed by atoms with Crippen LogP contribution >= 0.6 is 0 Å². The second kappa shape index (κ2) is 12.8. The van der Waals surface area contributed by atoms with Gasteiger partial charge in [-0.3, -0.25) is 4.79 Å². The summed E-state index contributed by atoms with van der Waals surface area (Å²) in [7, 11) is 0.300. The molecule has 0 saturated carbocycles. The normalized spacial score (nSPS) is 10.4. The number of rotatable bonds is 11. The second-order valence-electron chi connectivity index (χ2n) is 4.26. The molecule has 0 spiro atoms. The minimum absolute atomic E-state index is 0.0243. The van der Waals surface area contributed by atoms with E-state index in [9.17, 15) is 4.79 Å². The van der Waals surface area contributed by atoms with Gasteiger partial charge in [0.2, 0.25) is 0 Å². The molecule has 16 heavy (non-hydrogen) atoms. The van der Waals surface area contributed by atoms with Crippen LogP contribution in [0.5, 0.6) is 0 Å². The van der Waals surface area contributed by atoms with E-state index in [4.69, 9.17) is 4.43 Å². The predicted octanol–water partition coefficient (Wildman–Crippen LogP) is 4.12. The standard InChI is InChI=1S/C13H26O2Si/c1-3-4-5-6-7-8-9-10-11-12-13(14)15-16-2/h3-12H2,1-2H3. The molecule has 2 nitrogen and oxygen atoms in total. The fourth-order valence-electron chi connectivity index (χ4n) is 1.74. The third-order valence-corrected chi connectivity index (χ3v) is 3.13. The lowest BCUT2D eigenvalue weighted by molar-refractivity contribution is -0.134. The van der Waals surface area contributed by atoms with Gasteiger partial charge in [-0.25, -0.2) is 0 Å². The van der Waals surface area contributed by atoms with Crippen LogP contribution in [-0.4, -0.2) is 15.7 Å². The quantitative estimate of drug-likeness (QED) is 0.402. The van der Waals surface area contributed by atoms with Gasteiger partial charge in [-0.1, -0.05) is 58.3 Å². The first-order valence-electron chi connectivity index (χ1n) is 6.67. The zero-order chi connectivity index (χ0) is 12.1. The van der Waals surface area contributed by atoms with Gasteiger partial charge >= 0.3 is 9.76 Å². The van der Waals surface area contributed by atoms with Gasteiger partial charge in [-0.05, 0) is 13.0 Å². The van der Waals surface area contributed by atoms with Crippen LogP contribution in [0.4, 0.5) is 0 Å². The maximum absolute atomic E-state index is 11.0. The summed E-state index contributed by atoms with van der Waals surface area (Å²) >= 11 is 0. The third-order valence-electron chi connectivity index (χ3n) is 2.70. The zero-order valence-corrected chi connectivity index (χ0v) is 11.9. The maximum Gasteiger partial charge on any atom is 0.311 e. The van der Waals surface area contributed by atoms with Crippen molar-refractivity contribution in [2.75, 3.05) is 0 Å². The molecule has 0 N–H and O–H groups in total. The van der Waals surface area contributed by atoms with Gasteiger partial charge in [0, 0.05) is 6.42 Å². The SMILES string of the molecule is CCCCCCCCCCCC(=O)O[Si]C. The molecule has 94 valence electrons. The van der Waals surface area contributed by atoms with E-state index in [1.54, 1.807) is 0 Å². The monoisotopic (exact) mass is 242 g/mol. The highest BCUT2D eigenvalue weighted by atomic mass is 28.2. The molecule has 0 aromatic heterocycles. The number of carbonyl (C=O) groups excluding carboxylic acids is 1. The summed E-state index contributed by atoms with van der Waals surface area (Å²) in [5.41, 5.74) is 0. The van der Waals surface area contributed by atoms with Crippen molar-refractivity contribution in [1.82, 2.24) is 0 Å². The molecule has 0 rings (SSSR count). The Morgan fingerprint density at radius 3 is 1.94 bits per heavy atom. The highest BCUT2D eigenvalue weighted by Crippen LogP contribution is 2.10.